The molecule has 0 spiro atoms. The molecule has 74 valence electrons. The zero-order chi connectivity index (χ0) is 10.7. The lowest BCUT2D eigenvalue weighted by Gasteiger charge is -2.03. The lowest BCUT2D eigenvalue weighted by Crippen LogP contribution is -1.88. The highest BCUT2D eigenvalue weighted by Gasteiger charge is 2.02. The Morgan fingerprint density at radius 2 is 2.21 bits per heavy atom. The van der Waals surface area contributed by atoms with Gasteiger partial charge in [-0.2, -0.15) is 0 Å². The molecule has 1 aromatic rings. The largest absolute Gasteiger partial charge is 0.478 e. The first-order chi connectivity index (χ1) is 6.50. The van der Waals surface area contributed by atoms with Gasteiger partial charge in [0.05, 0.1) is 0 Å². The zero-order valence-corrected chi connectivity index (χ0v) is 9.76. The molecule has 0 bridgehead atoms. The van der Waals surface area contributed by atoms with E-state index in [9.17, 15) is 4.79 Å². The summed E-state index contributed by atoms with van der Waals surface area (Å²) in [6.07, 6.45) is 2.61. The van der Waals surface area contributed by atoms with Gasteiger partial charge in [-0.15, -0.1) is 0 Å². The first kappa shape index (κ1) is 11.3. The average Bonchev–Trinajstić information content (AvgIpc) is 2.08. The zero-order valence-electron chi connectivity index (χ0n) is 7.42. The Morgan fingerprint density at radius 1 is 1.57 bits per heavy atom. The first-order valence-corrected chi connectivity index (χ1v) is 5.04. The number of halogens is 2. The fourth-order valence-electron chi connectivity index (χ4n) is 1.000. The van der Waals surface area contributed by atoms with Crippen molar-refractivity contribution < 1.29 is 9.90 Å². The molecule has 0 aromatic heterocycles. The van der Waals surface area contributed by atoms with Crippen molar-refractivity contribution in [2.75, 3.05) is 0 Å². The highest BCUT2D eigenvalue weighted by molar-refractivity contribution is 9.10. The van der Waals surface area contributed by atoms with Crippen molar-refractivity contribution in [2.45, 2.75) is 6.92 Å². The second-order valence-electron chi connectivity index (χ2n) is 2.77. The fraction of sp³-hybridized carbons (Fsp3) is 0.100. The molecule has 0 aliphatic heterocycles. The molecular weight excluding hydrogens is 267 g/mol. The summed E-state index contributed by atoms with van der Waals surface area (Å²) in [6.45, 7) is 1.89. The summed E-state index contributed by atoms with van der Waals surface area (Å²) < 4.78 is 0.870. The molecule has 0 saturated heterocycles. The van der Waals surface area contributed by atoms with Crippen LogP contribution in [0.3, 0.4) is 0 Å². The van der Waals surface area contributed by atoms with E-state index in [1.54, 1.807) is 12.1 Å². The number of carboxylic acid groups (broad SMARTS) is 1. The van der Waals surface area contributed by atoms with Crippen molar-refractivity contribution in [2.24, 2.45) is 0 Å². The second kappa shape index (κ2) is 4.62. The van der Waals surface area contributed by atoms with E-state index in [2.05, 4.69) is 15.9 Å². The first-order valence-electron chi connectivity index (χ1n) is 3.87. The second-order valence-corrected chi connectivity index (χ2v) is 4.06. The lowest BCUT2D eigenvalue weighted by molar-refractivity contribution is -0.131. The van der Waals surface area contributed by atoms with Crippen molar-refractivity contribution in [3.63, 3.8) is 0 Å². The number of aliphatic carboxylic acids is 1. The molecule has 4 heteroatoms. The Kier molecular flexibility index (Phi) is 3.72. The molecule has 0 amide bonds. The molecule has 0 fully saturated rings. The van der Waals surface area contributed by atoms with Crippen molar-refractivity contribution in [3.8, 4) is 0 Å². The predicted octanol–water partition coefficient (Wildman–Crippen LogP) is 3.51. The molecule has 0 atom stereocenters. The van der Waals surface area contributed by atoms with Gasteiger partial charge < -0.3 is 5.11 Å². The van der Waals surface area contributed by atoms with Gasteiger partial charge in [-0.25, -0.2) is 4.79 Å². The van der Waals surface area contributed by atoms with Crippen LogP contribution in [0.1, 0.15) is 11.1 Å². The van der Waals surface area contributed by atoms with E-state index in [1.807, 2.05) is 6.92 Å². The Bertz CT molecular complexity index is 399. The maximum Gasteiger partial charge on any atom is 0.328 e. The number of benzene rings is 1. The van der Waals surface area contributed by atoms with Crippen LogP contribution in [0.4, 0.5) is 0 Å². The van der Waals surface area contributed by atoms with Crippen molar-refractivity contribution in [3.05, 3.63) is 38.8 Å². The Labute approximate surface area is 95.3 Å². The van der Waals surface area contributed by atoms with Gasteiger partial charge in [-0.05, 0) is 36.3 Å². The minimum absolute atomic E-state index is 0.576. The summed E-state index contributed by atoms with van der Waals surface area (Å²) in [4.78, 5) is 10.3. The third-order valence-electron chi connectivity index (χ3n) is 1.75. The summed E-state index contributed by atoms with van der Waals surface area (Å²) in [5, 5.41) is 9.05. The number of carbonyl (C=O) groups is 1. The van der Waals surface area contributed by atoms with Gasteiger partial charge in [-0.3, -0.25) is 0 Å². The summed E-state index contributed by atoms with van der Waals surface area (Å²) in [5.74, 6) is -0.972. The van der Waals surface area contributed by atoms with Gasteiger partial charge in [0.25, 0.3) is 0 Å². The maximum atomic E-state index is 10.3. The third-order valence-corrected chi connectivity index (χ3v) is 2.80. The Hall–Kier alpha value is -0.800. The van der Waals surface area contributed by atoms with Gasteiger partial charge >= 0.3 is 5.97 Å². The highest BCUT2D eigenvalue weighted by Crippen LogP contribution is 2.25. The normalized spacial score (nSPS) is 10.8. The molecule has 2 nitrogen and oxygen atoms in total. The van der Waals surface area contributed by atoms with Crippen molar-refractivity contribution in [1.29, 1.82) is 0 Å². The summed E-state index contributed by atoms with van der Waals surface area (Å²) in [6, 6.07) is 3.50. The van der Waals surface area contributed by atoms with Crippen LogP contribution in [0.5, 0.6) is 0 Å². The molecule has 1 aromatic carbocycles. The molecule has 0 unspecified atom stereocenters. The summed E-state index contributed by atoms with van der Waals surface area (Å²) in [5.41, 5.74) is 1.76. The van der Waals surface area contributed by atoms with Gasteiger partial charge in [0, 0.05) is 15.6 Å². The number of rotatable bonds is 2. The maximum absolute atomic E-state index is 10.3. The van der Waals surface area contributed by atoms with Crippen molar-refractivity contribution >= 4 is 39.6 Å². The van der Waals surface area contributed by atoms with E-state index in [4.69, 9.17) is 16.7 Å². The molecule has 0 aliphatic rings. The number of carboxylic acids is 1. The minimum Gasteiger partial charge on any atom is -0.478 e. The molecule has 14 heavy (non-hydrogen) atoms. The monoisotopic (exact) mass is 274 g/mol. The van der Waals surface area contributed by atoms with Crippen LogP contribution in [0.25, 0.3) is 6.08 Å². The van der Waals surface area contributed by atoms with Crippen LogP contribution >= 0.6 is 27.5 Å². The minimum atomic E-state index is -0.972. The Balaban J connectivity index is 3.14. The molecule has 1 rings (SSSR count). The lowest BCUT2D eigenvalue weighted by atomic mass is 10.1. The Morgan fingerprint density at radius 3 is 2.79 bits per heavy atom. The smallest absolute Gasteiger partial charge is 0.328 e. The van der Waals surface area contributed by atoms with Crippen LogP contribution < -0.4 is 0 Å². The van der Waals surface area contributed by atoms with Gasteiger partial charge in [0.2, 0.25) is 0 Å². The predicted molar refractivity (Wildman–Crippen MR) is 60.6 cm³/mol. The van der Waals surface area contributed by atoms with Crippen LogP contribution in [0, 0.1) is 6.92 Å². The SMILES string of the molecule is Cc1c(Br)cc(Cl)cc1/C=C/C(=O)O. The number of hydrogen-bond acceptors (Lipinski definition) is 1. The number of hydrogen-bond donors (Lipinski definition) is 1. The quantitative estimate of drug-likeness (QED) is 0.839. The third kappa shape index (κ3) is 2.86. The topological polar surface area (TPSA) is 37.3 Å². The standard InChI is InChI=1S/C10H8BrClO2/c1-6-7(2-3-10(13)14)4-8(12)5-9(6)11/h2-5H,1H3,(H,13,14)/b3-2+. The van der Waals surface area contributed by atoms with Gasteiger partial charge in [0.1, 0.15) is 0 Å². The molecule has 0 heterocycles. The van der Waals surface area contributed by atoms with E-state index < -0.39 is 5.97 Å². The van der Waals surface area contributed by atoms with Crippen LogP contribution in [0.2, 0.25) is 5.02 Å². The van der Waals surface area contributed by atoms with Crippen LogP contribution in [-0.2, 0) is 4.79 Å². The van der Waals surface area contributed by atoms with Crippen molar-refractivity contribution in [1.82, 2.24) is 0 Å². The molecule has 1 N–H and O–H groups in total. The van der Waals surface area contributed by atoms with E-state index >= 15 is 0 Å². The fourth-order valence-corrected chi connectivity index (χ4v) is 1.83. The van der Waals surface area contributed by atoms with Gasteiger partial charge in [-0.1, -0.05) is 27.5 Å². The summed E-state index contributed by atoms with van der Waals surface area (Å²) in [7, 11) is 0. The summed E-state index contributed by atoms with van der Waals surface area (Å²) >= 11 is 9.16. The van der Waals surface area contributed by atoms with Crippen LogP contribution in [0.15, 0.2) is 22.7 Å². The molecule has 0 saturated carbocycles. The average molecular weight is 276 g/mol. The molecular formula is C10H8BrClO2. The van der Waals surface area contributed by atoms with E-state index in [0.29, 0.717) is 5.02 Å². The van der Waals surface area contributed by atoms with Gasteiger partial charge in [0.15, 0.2) is 0 Å². The van der Waals surface area contributed by atoms with E-state index in [-0.39, 0.29) is 0 Å². The van der Waals surface area contributed by atoms with Crippen LogP contribution in [-0.4, -0.2) is 11.1 Å². The molecule has 0 radical (unpaired) electrons. The highest BCUT2D eigenvalue weighted by atomic mass is 79.9. The molecule has 0 aliphatic carbocycles. The van der Waals surface area contributed by atoms with E-state index in [1.165, 1.54) is 6.08 Å². The van der Waals surface area contributed by atoms with E-state index in [0.717, 1.165) is 21.7 Å².